The molecule has 2 unspecified atom stereocenters. The third kappa shape index (κ3) is 5.34. The lowest BCUT2D eigenvalue weighted by Crippen LogP contribution is -2.43. The van der Waals surface area contributed by atoms with Crippen LogP contribution >= 0.6 is 0 Å². The number of aliphatic hydroxyl groups excluding tert-OH is 1. The van der Waals surface area contributed by atoms with E-state index in [0.717, 1.165) is 25.7 Å². The quantitative estimate of drug-likeness (QED) is 0.714. The highest BCUT2D eigenvalue weighted by Gasteiger charge is 2.29. The van der Waals surface area contributed by atoms with Crippen LogP contribution in [-0.2, 0) is 4.74 Å². The normalized spacial score (nSPS) is 28.0. The minimum Gasteiger partial charge on any atom is -0.392 e. The molecule has 2 N–H and O–H groups in total. The molecule has 3 nitrogen and oxygen atoms in total. The fraction of sp³-hybridized carbons (Fsp3) is 1.00. The lowest BCUT2D eigenvalue weighted by molar-refractivity contribution is -0.323. The second-order valence-electron chi connectivity index (χ2n) is 3.71. The third-order valence-electron chi connectivity index (χ3n) is 2.50. The van der Waals surface area contributed by atoms with E-state index in [1.165, 1.54) is 0 Å². The Bertz CT molecular complexity index is 187. The number of halogens is 3. The van der Waals surface area contributed by atoms with Gasteiger partial charge in [0.2, 0.25) is 0 Å². The number of aliphatic hydroxyl groups is 1. The SMILES string of the molecule is OC1CCCCC1NCCOC(F)(F)F. The Labute approximate surface area is 86.6 Å². The summed E-state index contributed by atoms with van der Waals surface area (Å²) in [5.41, 5.74) is 0. The van der Waals surface area contributed by atoms with E-state index in [1.54, 1.807) is 0 Å². The summed E-state index contributed by atoms with van der Waals surface area (Å²) in [5, 5.41) is 12.4. The van der Waals surface area contributed by atoms with Crippen LogP contribution in [0.5, 0.6) is 0 Å². The van der Waals surface area contributed by atoms with E-state index >= 15 is 0 Å². The molecule has 0 aromatic rings. The summed E-state index contributed by atoms with van der Waals surface area (Å²) < 4.78 is 38.4. The van der Waals surface area contributed by atoms with Crippen molar-refractivity contribution in [3.05, 3.63) is 0 Å². The van der Waals surface area contributed by atoms with Crippen LogP contribution in [0.1, 0.15) is 25.7 Å². The number of hydrogen-bond acceptors (Lipinski definition) is 3. The topological polar surface area (TPSA) is 41.5 Å². The summed E-state index contributed by atoms with van der Waals surface area (Å²) >= 11 is 0. The largest absolute Gasteiger partial charge is 0.522 e. The molecule has 0 aromatic carbocycles. The Morgan fingerprint density at radius 1 is 1.27 bits per heavy atom. The van der Waals surface area contributed by atoms with Crippen molar-refractivity contribution in [2.24, 2.45) is 0 Å². The van der Waals surface area contributed by atoms with Crippen molar-refractivity contribution in [3.63, 3.8) is 0 Å². The van der Waals surface area contributed by atoms with Crippen molar-refractivity contribution < 1.29 is 23.0 Å². The van der Waals surface area contributed by atoms with E-state index in [2.05, 4.69) is 10.1 Å². The summed E-state index contributed by atoms with van der Waals surface area (Å²) in [5.74, 6) is 0. The standard InChI is InChI=1S/C9H16F3NO2/c10-9(11,12)15-6-5-13-7-3-1-2-4-8(7)14/h7-8,13-14H,1-6H2. The Kier molecular flexibility index (Phi) is 4.82. The average molecular weight is 227 g/mol. The molecule has 2 atom stereocenters. The molecule has 90 valence electrons. The van der Waals surface area contributed by atoms with Gasteiger partial charge in [0.05, 0.1) is 12.7 Å². The maximum atomic E-state index is 11.6. The average Bonchev–Trinajstić information content (AvgIpc) is 2.13. The van der Waals surface area contributed by atoms with E-state index in [9.17, 15) is 18.3 Å². The molecule has 15 heavy (non-hydrogen) atoms. The zero-order valence-electron chi connectivity index (χ0n) is 8.39. The molecule has 0 bridgehead atoms. The van der Waals surface area contributed by atoms with Crippen molar-refractivity contribution >= 4 is 0 Å². The molecule has 1 aliphatic carbocycles. The maximum absolute atomic E-state index is 11.6. The van der Waals surface area contributed by atoms with E-state index in [1.807, 2.05) is 0 Å². The van der Waals surface area contributed by atoms with Gasteiger partial charge in [-0.2, -0.15) is 0 Å². The van der Waals surface area contributed by atoms with Crippen molar-refractivity contribution in [2.75, 3.05) is 13.2 Å². The van der Waals surface area contributed by atoms with Gasteiger partial charge in [-0.05, 0) is 12.8 Å². The number of nitrogens with one attached hydrogen (secondary N) is 1. The van der Waals surface area contributed by atoms with E-state index in [0.29, 0.717) is 0 Å². The number of hydrogen-bond donors (Lipinski definition) is 2. The number of alkyl halides is 3. The van der Waals surface area contributed by atoms with Gasteiger partial charge < -0.3 is 10.4 Å². The number of ether oxygens (including phenoxy) is 1. The molecular weight excluding hydrogens is 211 g/mol. The van der Waals surface area contributed by atoms with E-state index in [-0.39, 0.29) is 12.6 Å². The van der Waals surface area contributed by atoms with Crippen LogP contribution in [0.4, 0.5) is 13.2 Å². The molecule has 1 fully saturated rings. The second kappa shape index (κ2) is 5.67. The smallest absolute Gasteiger partial charge is 0.392 e. The molecule has 0 spiro atoms. The van der Waals surface area contributed by atoms with Gasteiger partial charge in [-0.1, -0.05) is 12.8 Å². The van der Waals surface area contributed by atoms with Crippen LogP contribution in [0.2, 0.25) is 0 Å². The number of rotatable bonds is 4. The van der Waals surface area contributed by atoms with E-state index < -0.39 is 19.1 Å². The molecule has 6 heteroatoms. The molecule has 1 rings (SSSR count). The molecule has 0 saturated heterocycles. The summed E-state index contributed by atoms with van der Waals surface area (Å²) in [4.78, 5) is 0. The van der Waals surface area contributed by atoms with Crippen LogP contribution in [0, 0.1) is 0 Å². The van der Waals surface area contributed by atoms with Gasteiger partial charge in [0, 0.05) is 12.6 Å². The van der Waals surface area contributed by atoms with Crippen molar-refractivity contribution in [2.45, 2.75) is 44.2 Å². The van der Waals surface area contributed by atoms with Gasteiger partial charge >= 0.3 is 6.36 Å². The van der Waals surface area contributed by atoms with Gasteiger partial charge in [0.25, 0.3) is 0 Å². The Balaban J connectivity index is 2.08. The van der Waals surface area contributed by atoms with Gasteiger partial charge in [-0.3, -0.25) is 4.74 Å². The first-order chi connectivity index (χ1) is 6.99. The summed E-state index contributed by atoms with van der Waals surface area (Å²) in [6.45, 7) is -0.298. The highest BCUT2D eigenvalue weighted by molar-refractivity contribution is 4.79. The zero-order chi connectivity index (χ0) is 11.3. The Hall–Kier alpha value is -0.330. The van der Waals surface area contributed by atoms with Gasteiger partial charge in [-0.25, -0.2) is 0 Å². The zero-order valence-corrected chi connectivity index (χ0v) is 8.39. The van der Waals surface area contributed by atoms with Crippen molar-refractivity contribution in [3.8, 4) is 0 Å². The summed E-state index contributed by atoms with van der Waals surface area (Å²) in [6, 6.07) is -0.0874. The first kappa shape index (κ1) is 12.7. The third-order valence-corrected chi connectivity index (χ3v) is 2.50. The first-order valence-corrected chi connectivity index (χ1v) is 5.11. The predicted octanol–water partition coefficient (Wildman–Crippen LogP) is 1.42. The molecule has 0 amide bonds. The Morgan fingerprint density at radius 3 is 2.53 bits per heavy atom. The highest BCUT2D eigenvalue weighted by atomic mass is 19.4. The first-order valence-electron chi connectivity index (χ1n) is 5.11. The highest BCUT2D eigenvalue weighted by Crippen LogP contribution is 2.18. The Morgan fingerprint density at radius 2 is 1.93 bits per heavy atom. The van der Waals surface area contributed by atoms with Gasteiger partial charge in [0.15, 0.2) is 0 Å². The minimum absolute atomic E-state index is 0.0874. The van der Waals surface area contributed by atoms with Gasteiger partial charge in [-0.15, -0.1) is 13.2 Å². The molecule has 0 aromatic heterocycles. The fourth-order valence-electron chi connectivity index (χ4n) is 1.76. The predicted molar refractivity (Wildman–Crippen MR) is 48.3 cm³/mol. The lowest BCUT2D eigenvalue weighted by Gasteiger charge is -2.28. The van der Waals surface area contributed by atoms with Crippen LogP contribution in [0.25, 0.3) is 0 Å². The summed E-state index contributed by atoms with van der Waals surface area (Å²) in [7, 11) is 0. The molecule has 1 aliphatic rings. The fourth-order valence-corrected chi connectivity index (χ4v) is 1.76. The van der Waals surface area contributed by atoms with Crippen LogP contribution in [0.3, 0.4) is 0 Å². The molecule has 0 heterocycles. The molecular formula is C9H16F3NO2. The maximum Gasteiger partial charge on any atom is 0.522 e. The van der Waals surface area contributed by atoms with Gasteiger partial charge in [0.1, 0.15) is 0 Å². The lowest BCUT2D eigenvalue weighted by atomic mass is 9.93. The van der Waals surface area contributed by atoms with E-state index in [4.69, 9.17) is 0 Å². The van der Waals surface area contributed by atoms with Crippen LogP contribution < -0.4 is 5.32 Å². The second-order valence-corrected chi connectivity index (χ2v) is 3.71. The van der Waals surface area contributed by atoms with Crippen LogP contribution in [-0.4, -0.2) is 36.8 Å². The van der Waals surface area contributed by atoms with Crippen molar-refractivity contribution in [1.82, 2.24) is 5.32 Å². The summed E-state index contributed by atoms with van der Waals surface area (Å²) in [6.07, 6.45) is -1.48. The van der Waals surface area contributed by atoms with Crippen molar-refractivity contribution in [1.29, 1.82) is 0 Å². The molecule has 0 radical (unpaired) electrons. The molecule has 0 aliphatic heterocycles. The minimum atomic E-state index is -4.56. The monoisotopic (exact) mass is 227 g/mol. The van der Waals surface area contributed by atoms with Crippen LogP contribution in [0.15, 0.2) is 0 Å². The molecule has 1 saturated carbocycles.